The van der Waals surface area contributed by atoms with Gasteiger partial charge in [-0.05, 0) is 36.6 Å². The molecule has 1 aliphatic carbocycles. The smallest absolute Gasteiger partial charge is 0.269 e. The SMILES string of the molecule is CCNc1ccc(C(=O)NCC2Cc3ccccc32)nc1. The molecular formula is C17H19N3O. The summed E-state index contributed by atoms with van der Waals surface area (Å²) in [4.78, 5) is 16.3. The number of carbonyl (C=O) groups excluding carboxylic acids is 1. The molecule has 1 atom stereocenters. The number of benzene rings is 1. The van der Waals surface area contributed by atoms with Crippen LogP contribution in [0.25, 0.3) is 0 Å². The van der Waals surface area contributed by atoms with Crippen molar-refractivity contribution in [3.63, 3.8) is 0 Å². The van der Waals surface area contributed by atoms with Gasteiger partial charge >= 0.3 is 0 Å². The Labute approximate surface area is 124 Å². The third kappa shape index (κ3) is 2.89. The lowest BCUT2D eigenvalue weighted by molar-refractivity contribution is 0.0945. The molecule has 4 heteroatoms. The van der Waals surface area contributed by atoms with Gasteiger partial charge in [-0.3, -0.25) is 4.79 Å². The molecule has 0 aliphatic heterocycles. The van der Waals surface area contributed by atoms with Gasteiger partial charge in [0.1, 0.15) is 5.69 Å². The molecule has 1 aromatic heterocycles. The molecule has 1 amide bonds. The van der Waals surface area contributed by atoms with E-state index in [-0.39, 0.29) is 5.91 Å². The van der Waals surface area contributed by atoms with Gasteiger partial charge in [0.15, 0.2) is 0 Å². The monoisotopic (exact) mass is 281 g/mol. The van der Waals surface area contributed by atoms with Crippen molar-refractivity contribution in [2.24, 2.45) is 0 Å². The number of anilines is 1. The molecular weight excluding hydrogens is 262 g/mol. The average Bonchev–Trinajstić information content (AvgIpc) is 2.49. The lowest BCUT2D eigenvalue weighted by atomic mass is 9.77. The number of rotatable bonds is 5. The summed E-state index contributed by atoms with van der Waals surface area (Å²) in [6.45, 7) is 3.54. The van der Waals surface area contributed by atoms with E-state index >= 15 is 0 Å². The highest BCUT2D eigenvalue weighted by atomic mass is 16.1. The van der Waals surface area contributed by atoms with E-state index in [1.165, 1.54) is 11.1 Å². The highest BCUT2D eigenvalue weighted by Gasteiger charge is 2.25. The highest BCUT2D eigenvalue weighted by Crippen LogP contribution is 2.33. The van der Waals surface area contributed by atoms with Gasteiger partial charge in [0, 0.05) is 19.0 Å². The van der Waals surface area contributed by atoms with Crippen molar-refractivity contribution in [2.45, 2.75) is 19.3 Å². The van der Waals surface area contributed by atoms with Crippen molar-refractivity contribution < 1.29 is 4.79 Å². The number of amides is 1. The summed E-state index contributed by atoms with van der Waals surface area (Å²) in [7, 11) is 0. The molecule has 0 bridgehead atoms. The maximum absolute atomic E-state index is 12.1. The third-order valence-electron chi connectivity index (χ3n) is 3.85. The number of hydrogen-bond donors (Lipinski definition) is 2. The van der Waals surface area contributed by atoms with Crippen LogP contribution in [0.1, 0.15) is 34.5 Å². The van der Waals surface area contributed by atoms with Crippen LogP contribution in [0, 0.1) is 0 Å². The predicted octanol–water partition coefficient (Wildman–Crippen LogP) is 2.58. The molecule has 21 heavy (non-hydrogen) atoms. The molecule has 1 aliphatic rings. The molecule has 0 radical (unpaired) electrons. The Morgan fingerprint density at radius 3 is 2.86 bits per heavy atom. The number of nitrogens with zero attached hydrogens (tertiary/aromatic N) is 1. The fourth-order valence-electron chi connectivity index (χ4n) is 2.69. The first-order valence-corrected chi connectivity index (χ1v) is 7.34. The first-order chi connectivity index (χ1) is 10.3. The van der Waals surface area contributed by atoms with Gasteiger partial charge in [-0.25, -0.2) is 4.98 Å². The number of nitrogens with one attached hydrogen (secondary N) is 2. The van der Waals surface area contributed by atoms with E-state index in [0.29, 0.717) is 18.2 Å². The van der Waals surface area contributed by atoms with E-state index in [9.17, 15) is 4.79 Å². The quantitative estimate of drug-likeness (QED) is 0.885. The number of hydrogen-bond acceptors (Lipinski definition) is 3. The predicted molar refractivity (Wildman–Crippen MR) is 83.6 cm³/mol. The average molecular weight is 281 g/mol. The molecule has 2 aromatic rings. The molecule has 4 nitrogen and oxygen atoms in total. The topological polar surface area (TPSA) is 54.0 Å². The number of aromatic nitrogens is 1. The third-order valence-corrected chi connectivity index (χ3v) is 3.85. The van der Waals surface area contributed by atoms with Gasteiger partial charge < -0.3 is 10.6 Å². The molecule has 3 rings (SSSR count). The van der Waals surface area contributed by atoms with Gasteiger partial charge in [-0.15, -0.1) is 0 Å². The summed E-state index contributed by atoms with van der Waals surface area (Å²) in [6.07, 6.45) is 2.74. The Hall–Kier alpha value is -2.36. The minimum absolute atomic E-state index is 0.109. The van der Waals surface area contributed by atoms with Gasteiger partial charge in [-0.2, -0.15) is 0 Å². The molecule has 0 saturated carbocycles. The van der Waals surface area contributed by atoms with Crippen LogP contribution in [0.3, 0.4) is 0 Å². The Morgan fingerprint density at radius 1 is 1.29 bits per heavy atom. The largest absolute Gasteiger partial charge is 0.384 e. The maximum Gasteiger partial charge on any atom is 0.269 e. The van der Waals surface area contributed by atoms with Crippen LogP contribution >= 0.6 is 0 Å². The summed E-state index contributed by atoms with van der Waals surface area (Å²) < 4.78 is 0. The second kappa shape index (κ2) is 5.95. The zero-order valence-electron chi connectivity index (χ0n) is 12.1. The van der Waals surface area contributed by atoms with Crippen molar-refractivity contribution >= 4 is 11.6 Å². The second-order valence-electron chi connectivity index (χ2n) is 5.27. The summed E-state index contributed by atoms with van der Waals surface area (Å²) in [5, 5.41) is 6.13. The van der Waals surface area contributed by atoms with Gasteiger partial charge in [0.25, 0.3) is 5.91 Å². The zero-order chi connectivity index (χ0) is 14.7. The van der Waals surface area contributed by atoms with E-state index in [4.69, 9.17) is 0 Å². The minimum Gasteiger partial charge on any atom is -0.384 e. The molecule has 1 heterocycles. The number of pyridine rings is 1. The van der Waals surface area contributed by atoms with E-state index < -0.39 is 0 Å². The van der Waals surface area contributed by atoms with Crippen molar-refractivity contribution in [1.82, 2.24) is 10.3 Å². The second-order valence-corrected chi connectivity index (χ2v) is 5.27. The fourth-order valence-corrected chi connectivity index (χ4v) is 2.69. The number of fused-ring (bicyclic) bond motifs is 1. The molecule has 1 aromatic carbocycles. The van der Waals surface area contributed by atoms with Crippen LogP contribution in [0.4, 0.5) is 5.69 Å². The summed E-state index contributed by atoms with van der Waals surface area (Å²) in [5.74, 6) is 0.327. The van der Waals surface area contributed by atoms with Crippen LogP contribution in [0.5, 0.6) is 0 Å². The van der Waals surface area contributed by atoms with Crippen LogP contribution in [-0.2, 0) is 6.42 Å². The lowest BCUT2D eigenvalue weighted by Gasteiger charge is -2.30. The van der Waals surface area contributed by atoms with Crippen molar-refractivity contribution in [3.8, 4) is 0 Å². The highest BCUT2D eigenvalue weighted by molar-refractivity contribution is 5.92. The first kappa shape index (κ1) is 13.6. The summed E-state index contributed by atoms with van der Waals surface area (Å²) in [6, 6.07) is 12.0. The van der Waals surface area contributed by atoms with Gasteiger partial charge in [0.05, 0.1) is 11.9 Å². The molecule has 2 N–H and O–H groups in total. The Morgan fingerprint density at radius 2 is 2.14 bits per heavy atom. The van der Waals surface area contributed by atoms with Crippen molar-refractivity contribution in [2.75, 3.05) is 18.4 Å². The van der Waals surface area contributed by atoms with Crippen LogP contribution < -0.4 is 10.6 Å². The standard InChI is InChI=1S/C17H19N3O/c1-2-18-14-7-8-16(19-11-14)17(21)20-10-13-9-12-5-3-4-6-15(12)13/h3-8,11,13,18H,2,9-10H2,1H3,(H,20,21). The van der Waals surface area contributed by atoms with E-state index in [0.717, 1.165) is 18.7 Å². The maximum atomic E-state index is 12.1. The van der Waals surface area contributed by atoms with Crippen LogP contribution in [0.15, 0.2) is 42.6 Å². The minimum atomic E-state index is -0.109. The van der Waals surface area contributed by atoms with Crippen LogP contribution in [0.2, 0.25) is 0 Å². The molecule has 0 fully saturated rings. The van der Waals surface area contributed by atoms with Crippen molar-refractivity contribution in [1.29, 1.82) is 0 Å². The lowest BCUT2D eigenvalue weighted by Crippen LogP contribution is -2.33. The molecule has 0 saturated heterocycles. The zero-order valence-corrected chi connectivity index (χ0v) is 12.1. The van der Waals surface area contributed by atoms with E-state index in [1.807, 2.05) is 19.1 Å². The van der Waals surface area contributed by atoms with Crippen LogP contribution in [-0.4, -0.2) is 24.0 Å². The summed E-state index contributed by atoms with van der Waals surface area (Å²) >= 11 is 0. The van der Waals surface area contributed by atoms with Gasteiger partial charge in [-0.1, -0.05) is 24.3 Å². The Bertz CT molecular complexity index is 637. The molecule has 0 spiro atoms. The Balaban J connectivity index is 1.55. The Kier molecular flexibility index (Phi) is 3.86. The van der Waals surface area contributed by atoms with E-state index in [1.54, 1.807) is 12.3 Å². The van der Waals surface area contributed by atoms with E-state index in [2.05, 4.69) is 33.8 Å². The molecule has 108 valence electrons. The molecule has 1 unspecified atom stereocenters. The fraction of sp³-hybridized carbons (Fsp3) is 0.294. The van der Waals surface area contributed by atoms with Crippen molar-refractivity contribution in [3.05, 3.63) is 59.4 Å². The number of carbonyl (C=O) groups is 1. The summed E-state index contributed by atoms with van der Waals surface area (Å²) in [5.41, 5.74) is 4.14. The van der Waals surface area contributed by atoms with Gasteiger partial charge in [0.2, 0.25) is 0 Å². The normalized spacial score (nSPS) is 15.8. The first-order valence-electron chi connectivity index (χ1n) is 7.34.